The Morgan fingerprint density at radius 2 is 2.09 bits per heavy atom. The van der Waals surface area contributed by atoms with E-state index in [1.54, 1.807) is 30.4 Å². The molecule has 1 aromatic heterocycles. The SMILES string of the molecule is Cc1ccsc1CN(C)[C@H](C)C(=O)Nc1ccccc1[N+](=O)[O-]. The molecular weight excluding hydrogens is 314 g/mol. The van der Waals surface area contributed by atoms with Crippen LogP contribution in [0.15, 0.2) is 35.7 Å². The van der Waals surface area contributed by atoms with E-state index in [1.807, 2.05) is 30.3 Å². The van der Waals surface area contributed by atoms with Gasteiger partial charge in [0.15, 0.2) is 0 Å². The average Bonchev–Trinajstić information content (AvgIpc) is 2.91. The molecule has 0 spiro atoms. The van der Waals surface area contributed by atoms with Crippen LogP contribution in [0.4, 0.5) is 11.4 Å². The zero-order chi connectivity index (χ0) is 17.0. The average molecular weight is 333 g/mol. The fourth-order valence-corrected chi connectivity index (χ4v) is 3.07. The molecule has 0 bridgehead atoms. The Labute approximate surface area is 138 Å². The van der Waals surface area contributed by atoms with Gasteiger partial charge in [0.2, 0.25) is 5.91 Å². The number of carbonyl (C=O) groups excluding carboxylic acids is 1. The van der Waals surface area contributed by atoms with Crippen molar-refractivity contribution in [2.45, 2.75) is 26.4 Å². The Kier molecular flexibility index (Phi) is 5.46. The van der Waals surface area contributed by atoms with Crippen LogP contribution < -0.4 is 5.32 Å². The van der Waals surface area contributed by atoms with Crippen molar-refractivity contribution in [3.8, 4) is 0 Å². The molecule has 1 amide bonds. The summed E-state index contributed by atoms with van der Waals surface area (Å²) in [7, 11) is 1.86. The van der Waals surface area contributed by atoms with E-state index in [9.17, 15) is 14.9 Å². The van der Waals surface area contributed by atoms with Crippen LogP contribution in [0.25, 0.3) is 0 Å². The molecule has 23 heavy (non-hydrogen) atoms. The van der Waals surface area contributed by atoms with E-state index < -0.39 is 11.0 Å². The van der Waals surface area contributed by atoms with E-state index in [1.165, 1.54) is 22.6 Å². The molecule has 0 radical (unpaired) electrons. The van der Waals surface area contributed by atoms with Crippen LogP contribution in [0.3, 0.4) is 0 Å². The minimum absolute atomic E-state index is 0.107. The summed E-state index contributed by atoms with van der Waals surface area (Å²) in [5.41, 5.74) is 1.31. The molecule has 1 atom stereocenters. The van der Waals surface area contributed by atoms with Crippen LogP contribution >= 0.6 is 11.3 Å². The molecule has 0 aliphatic rings. The third kappa shape index (κ3) is 4.14. The van der Waals surface area contributed by atoms with Crippen LogP contribution in [0.5, 0.6) is 0 Å². The number of hydrogen-bond acceptors (Lipinski definition) is 5. The van der Waals surface area contributed by atoms with Crippen molar-refractivity contribution < 1.29 is 9.72 Å². The number of anilines is 1. The second-order valence-electron chi connectivity index (χ2n) is 5.38. The number of benzene rings is 1. The molecule has 0 aliphatic heterocycles. The van der Waals surface area contributed by atoms with Crippen molar-refractivity contribution in [3.05, 3.63) is 56.3 Å². The highest BCUT2D eigenvalue weighted by atomic mass is 32.1. The van der Waals surface area contributed by atoms with Crippen LogP contribution in [0, 0.1) is 17.0 Å². The Morgan fingerprint density at radius 1 is 1.39 bits per heavy atom. The number of thiophene rings is 1. The quantitative estimate of drug-likeness (QED) is 0.649. The number of nitrogens with zero attached hydrogens (tertiary/aromatic N) is 2. The molecule has 6 nitrogen and oxygen atoms in total. The smallest absolute Gasteiger partial charge is 0.292 e. The number of nitro groups is 1. The number of amides is 1. The predicted octanol–water partition coefficient (Wildman–Crippen LogP) is 3.42. The number of para-hydroxylation sites is 2. The topological polar surface area (TPSA) is 75.5 Å². The van der Waals surface area contributed by atoms with Crippen LogP contribution in [-0.2, 0) is 11.3 Å². The molecule has 7 heteroatoms. The Hall–Kier alpha value is -2.25. The first-order chi connectivity index (χ1) is 10.9. The predicted molar refractivity (Wildman–Crippen MR) is 91.7 cm³/mol. The van der Waals surface area contributed by atoms with Crippen molar-refractivity contribution in [2.75, 3.05) is 12.4 Å². The van der Waals surface area contributed by atoms with E-state index >= 15 is 0 Å². The summed E-state index contributed by atoms with van der Waals surface area (Å²) in [4.78, 5) is 26.0. The van der Waals surface area contributed by atoms with Crippen molar-refractivity contribution >= 4 is 28.6 Å². The second-order valence-corrected chi connectivity index (χ2v) is 6.38. The molecule has 2 aromatic rings. The number of nitrogens with one attached hydrogen (secondary N) is 1. The molecule has 1 heterocycles. The van der Waals surface area contributed by atoms with Gasteiger partial charge in [-0.25, -0.2) is 0 Å². The molecule has 0 saturated carbocycles. The lowest BCUT2D eigenvalue weighted by Gasteiger charge is -2.23. The summed E-state index contributed by atoms with van der Waals surface area (Å²) in [5, 5.41) is 15.7. The van der Waals surface area contributed by atoms with Gasteiger partial charge in [-0.2, -0.15) is 0 Å². The van der Waals surface area contributed by atoms with E-state index in [-0.39, 0.29) is 17.3 Å². The van der Waals surface area contributed by atoms with Crippen molar-refractivity contribution in [1.82, 2.24) is 4.90 Å². The molecule has 2 rings (SSSR count). The zero-order valence-electron chi connectivity index (χ0n) is 13.3. The van der Waals surface area contributed by atoms with Gasteiger partial charge < -0.3 is 5.32 Å². The highest BCUT2D eigenvalue weighted by molar-refractivity contribution is 7.10. The summed E-state index contributed by atoms with van der Waals surface area (Å²) >= 11 is 1.65. The molecule has 0 fully saturated rings. The highest BCUT2D eigenvalue weighted by Gasteiger charge is 2.22. The fourth-order valence-electron chi connectivity index (χ4n) is 2.11. The maximum atomic E-state index is 12.4. The van der Waals surface area contributed by atoms with Gasteiger partial charge in [-0.1, -0.05) is 12.1 Å². The lowest BCUT2D eigenvalue weighted by atomic mass is 10.2. The first-order valence-corrected chi connectivity index (χ1v) is 8.05. The molecule has 1 N–H and O–H groups in total. The molecule has 1 aromatic carbocycles. The molecular formula is C16H19N3O3S. The number of likely N-dealkylation sites (N-methyl/N-ethyl adjacent to an activating group) is 1. The number of nitro benzene ring substituents is 1. The van der Waals surface area contributed by atoms with Crippen LogP contribution in [0.1, 0.15) is 17.4 Å². The van der Waals surface area contributed by atoms with E-state index in [4.69, 9.17) is 0 Å². The zero-order valence-corrected chi connectivity index (χ0v) is 14.1. The minimum atomic E-state index is -0.501. The maximum absolute atomic E-state index is 12.4. The Morgan fingerprint density at radius 3 is 2.70 bits per heavy atom. The van der Waals surface area contributed by atoms with Crippen molar-refractivity contribution in [3.63, 3.8) is 0 Å². The van der Waals surface area contributed by atoms with Crippen LogP contribution in [-0.4, -0.2) is 28.8 Å². The monoisotopic (exact) mass is 333 g/mol. The maximum Gasteiger partial charge on any atom is 0.292 e. The third-order valence-electron chi connectivity index (χ3n) is 3.76. The van der Waals surface area contributed by atoms with Gasteiger partial charge in [-0.05, 0) is 44.0 Å². The van der Waals surface area contributed by atoms with E-state index in [0.717, 1.165) is 0 Å². The first-order valence-electron chi connectivity index (χ1n) is 7.17. The lowest BCUT2D eigenvalue weighted by Crippen LogP contribution is -2.39. The molecule has 122 valence electrons. The Bertz CT molecular complexity index is 714. The van der Waals surface area contributed by atoms with Gasteiger partial charge in [0, 0.05) is 17.5 Å². The number of aryl methyl sites for hydroxylation is 1. The van der Waals surface area contributed by atoms with Gasteiger partial charge in [-0.15, -0.1) is 11.3 Å². The standard InChI is InChI=1S/C16H19N3O3S/c1-11-8-9-23-15(11)10-18(3)12(2)16(20)17-13-6-4-5-7-14(13)19(21)22/h4-9,12H,10H2,1-3H3,(H,17,20)/t12-/m1/s1. The highest BCUT2D eigenvalue weighted by Crippen LogP contribution is 2.24. The van der Waals surface area contributed by atoms with E-state index in [0.29, 0.717) is 6.54 Å². The van der Waals surface area contributed by atoms with Crippen molar-refractivity contribution in [2.24, 2.45) is 0 Å². The third-order valence-corrected chi connectivity index (χ3v) is 4.77. The van der Waals surface area contributed by atoms with Gasteiger partial charge >= 0.3 is 0 Å². The summed E-state index contributed by atoms with van der Waals surface area (Å²) in [6.45, 7) is 4.49. The van der Waals surface area contributed by atoms with E-state index in [2.05, 4.69) is 5.32 Å². The summed E-state index contributed by atoms with van der Waals surface area (Å²) in [6.07, 6.45) is 0. The van der Waals surface area contributed by atoms with Crippen molar-refractivity contribution in [1.29, 1.82) is 0 Å². The molecule has 0 aliphatic carbocycles. The second kappa shape index (κ2) is 7.34. The van der Waals surface area contributed by atoms with Gasteiger partial charge in [0.25, 0.3) is 5.69 Å². The molecule has 0 saturated heterocycles. The fraction of sp³-hybridized carbons (Fsp3) is 0.312. The first kappa shape index (κ1) is 17.1. The normalized spacial score (nSPS) is 12.2. The Balaban J connectivity index is 2.05. The number of carbonyl (C=O) groups is 1. The van der Waals surface area contributed by atoms with Gasteiger partial charge in [-0.3, -0.25) is 19.8 Å². The largest absolute Gasteiger partial charge is 0.319 e. The van der Waals surface area contributed by atoms with Gasteiger partial charge in [0.05, 0.1) is 11.0 Å². The van der Waals surface area contributed by atoms with Gasteiger partial charge in [0.1, 0.15) is 5.69 Å². The number of hydrogen-bond donors (Lipinski definition) is 1. The minimum Gasteiger partial charge on any atom is -0.319 e. The lowest BCUT2D eigenvalue weighted by molar-refractivity contribution is -0.383. The molecule has 0 unspecified atom stereocenters. The number of rotatable bonds is 6. The van der Waals surface area contributed by atoms with Crippen LogP contribution in [0.2, 0.25) is 0 Å². The summed E-state index contributed by atoms with van der Waals surface area (Å²) in [6, 6.07) is 7.78. The summed E-state index contributed by atoms with van der Waals surface area (Å²) < 4.78 is 0. The summed E-state index contributed by atoms with van der Waals surface area (Å²) in [5.74, 6) is -0.268.